The van der Waals surface area contributed by atoms with Crippen molar-refractivity contribution in [3.05, 3.63) is 56.2 Å². The Hall–Kier alpha value is -1.66. The maximum atomic E-state index is 12.5. The van der Waals surface area contributed by atoms with Gasteiger partial charge in [0, 0.05) is 23.5 Å². The molecule has 1 aromatic carbocycles. The Kier molecular flexibility index (Phi) is 4.29. The zero-order chi connectivity index (χ0) is 16.6. The summed E-state index contributed by atoms with van der Waals surface area (Å²) in [4.78, 5) is 25.8. The van der Waals surface area contributed by atoms with Crippen LogP contribution < -0.4 is 0 Å². The van der Waals surface area contributed by atoms with Crippen LogP contribution in [0.15, 0.2) is 40.9 Å². The molecule has 1 heterocycles. The van der Waals surface area contributed by atoms with Gasteiger partial charge in [-0.25, -0.2) is 4.79 Å². The number of hydrogen-bond donors (Lipinski definition) is 1. The summed E-state index contributed by atoms with van der Waals surface area (Å²) in [6.07, 6.45) is 2.13. The monoisotopic (exact) mass is 393 g/mol. The van der Waals surface area contributed by atoms with Crippen LogP contribution in [0.5, 0.6) is 0 Å². The van der Waals surface area contributed by atoms with E-state index in [4.69, 9.17) is 5.11 Å². The third-order valence-electron chi connectivity index (χ3n) is 4.22. The Bertz CT molecular complexity index is 749. The maximum absolute atomic E-state index is 12.5. The molecule has 0 spiro atoms. The second-order valence-corrected chi connectivity index (χ2v) is 7.92. The molecule has 0 bridgehead atoms. The first-order valence-electron chi connectivity index (χ1n) is 7.26. The number of hydrogen-bond acceptors (Lipinski definition) is 3. The minimum absolute atomic E-state index is 0.0397. The SMILES string of the molecule is CN(CC1(c2ccc(Br)cc2)CC1)C(=O)c1ccc(C(=O)O)s1. The Morgan fingerprint density at radius 3 is 2.30 bits per heavy atom. The molecule has 1 aromatic heterocycles. The molecule has 4 nitrogen and oxygen atoms in total. The van der Waals surface area contributed by atoms with Gasteiger partial charge in [0.05, 0.1) is 4.88 Å². The average molecular weight is 394 g/mol. The maximum Gasteiger partial charge on any atom is 0.345 e. The minimum Gasteiger partial charge on any atom is -0.477 e. The van der Waals surface area contributed by atoms with E-state index in [1.54, 1.807) is 18.0 Å². The second kappa shape index (κ2) is 6.09. The van der Waals surface area contributed by atoms with Crippen molar-refractivity contribution < 1.29 is 14.7 Å². The van der Waals surface area contributed by atoms with Crippen molar-refractivity contribution in [2.75, 3.05) is 13.6 Å². The highest BCUT2D eigenvalue weighted by Crippen LogP contribution is 2.48. The third kappa shape index (κ3) is 3.33. The van der Waals surface area contributed by atoms with Crippen molar-refractivity contribution >= 4 is 39.1 Å². The standard InChI is InChI=1S/C17H16BrNO3S/c1-19(15(20)13-6-7-14(23-13)16(21)22)10-17(8-9-17)11-2-4-12(18)5-3-11/h2-7H,8-10H2,1H3,(H,21,22). The minimum atomic E-state index is -0.995. The van der Waals surface area contributed by atoms with E-state index < -0.39 is 5.97 Å². The highest BCUT2D eigenvalue weighted by molar-refractivity contribution is 9.10. The summed E-state index contributed by atoms with van der Waals surface area (Å²) in [5.41, 5.74) is 1.29. The molecule has 23 heavy (non-hydrogen) atoms. The third-order valence-corrected chi connectivity index (χ3v) is 5.81. The number of halogens is 1. The largest absolute Gasteiger partial charge is 0.477 e. The number of carbonyl (C=O) groups is 2. The molecule has 1 saturated carbocycles. The van der Waals surface area contributed by atoms with Crippen molar-refractivity contribution in [2.24, 2.45) is 0 Å². The van der Waals surface area contributed by atoms with Crippen molar-refractivity contribution in [2.45, 2.75) is 18.3 Å². The van der Waals surface area contributed by atoms with Crippen LogP contribution in [0, 0.1) is 0 Å². The van der Waals surface area contributed by atoms with Crippen LogP contribution in [0.4, 0.5) is 0 Å². The van der Waals surface area contributed by atoms with Gasteiger partial charge in [0.1, 0.15) is 4.88 Å². The lowest BCUT2D eigenvalue weighted by molar-refractivity contribution is 0.0701. The topological polar surface area (TPSA) is 57.6 Å². The lowest BCUT2D eigenvalue weighted by atomic mass is 9.95. The zero-order valence-corrected chi connectivity index (χ0v) is 15.0. The molecule has 6 heteroatoms. The zero-order valence-electron chi connectivity index (χ0n) is 12.6. The number of thiophene rings is 1. The molecule has 1 amide bonds. The quantitative estimate of drug-likeness (QED) is 0.834. The van der Waals surface area contributed by atoms with E-state index in [1.807, 2.05) is 12.1 Å². The fourth-order valence-electron chi connectivity index (χ4n) is 2.77. The van der Waals surface area contributed by atoms with Gasteiger partial charge in [0.25, 0.3) is 5.91 Å². The number of carboxylic acid groups (broad SMARTS) is 1. The normalized spacial score (nSPS) is 15.2. The van der Waals surface area contributed by atoms with Gasteiger partial charge in [-0.05, 0) is 42.7 Å². The molecule has 0 atom stereocenters. The van der Waals surface area contributed by atoms with E-state index in [0.29, 0.717) is 11.4 Å². The number of amides is 1. The van der Waals surface area contributed by atoms with Gasteiger partial charge in [-0.1, -0.05) is 28.1 Å². The van der Waals surface area contributed by atoms with Gasteiger partial charge < -0.3 is 10.0 Å². The molecule has 0 radical (unpaired) electrons. The number of carbonyl (C=O) groups excluding carboxylic acids is 1. The molecule has 1 fully saturated rings. The van der Waals surface area contributed by atoms with Crippen LogP contribution in [-0.4, -0.2) is 35.5 Å². The summed E-state index contributed by atoms with van der Waals surface area (Å²) in [5, 5.41) is 8.97. The van der Waals surface area contributed by atoms with Gasteiger partial charge in [0.15, 0.2) is 0 Å². The predicted molar refractivity (Wildman–Crippen MR) is 93.3 cm³/mol. The van der Waals surface area contributed by atoms with Crippen LogP contribution >= 0.6 is 27.3 Å². The molecule has 120 valence electrons. The van der Waals surface area contributed by atoms with Gasteiger partial charge in [-0.2, -0.15) is 0 Å². The van der Waals surface area contributed by atoms with E-state index in [0.717, 1.165) is 28.7 Å². The lowest BCUT2D eigenvalue weighted by Gasteiger charge is -2.24. The number of benzene rings is 1. The lowest BCUT2D eigenvalue weighted by Crippen LogP contribution is -2.34. The van der Waals surface area contributed by atoms with E-state index in [1.165, 1.54) is 11.6 Å². The number of likely N-dealkylation sites (N-methyl/N-ethyl adjacent to an activating group) is 1. The molecule has 0 aliphatic heterocycles. The Morgan fingerprint density at radius 1 is 1.17 bits per heavy atom. The average Bonchev–Trinajstić information content (AvgIpc) is 3.12. The van der Waals surface area contributed by atoms with Crippen LogP contribution in [0.25, 0.3) is 0 Å². The molecule has 0 saturated heterocycles. The first-order valence-corrected chi connectivity index (χ1v) is 8.87. The van der Waals surface area contributed by atoms with Crippen molar-refractivity contribution in [3.8, 4) is 0 Å². The molecule has 0 unspecified atom stereocenters. The number of aromatic carboxylic acids is 1. The fourth-order valence-corrected chi connectivity index (χ4v) is 3.88. The number of nitrogens with zero attached hydrogens (tertiary/aromatic N) is 1. The van der Waals surface area contributed by atoms with Crippen molar-refractivity contribution in [3.63, 3.8) is 0 Å². The van der Waals surface area contributed by atoms with Gasteiger partial charge in [0.2, 0.25) is 0 Å². The van der Waals surface area contributed by atoms with Crippen LogP contribution in [0.2, 0.25) is 0 Å². The summed E-state index contributed by atoms with van der Waals surface area (Å²) in [5.74, 6) is -1.11. The Labute approximate surface area is 146 Å². The van der Waals surface area contributed by atoms with Crippen LogP contribution in [0.3, 0.4) is 0 Å². The van der Waals surface area contributed by atoms with Gasteiger partial charge in [-0.3, -0.25) is 4.79 Å². The molecule has 3 rings (SSSR count). The number of carboxylic acids is 1. The summed E-state index contributed by atoms with van der Waals surface area (Å²) >= 11 is 4.46. The van der Waals surface area contributed by atoms with E-state index >= 15 is 0 Å². The highest BCUT2D eigenvalue weighted by Gasteiger charge is 2.45. The fraction of sp³-hybridized carbons (Fsp3) is 0.294. The van der Waals surface area contributed by atoms with Crippen molar-refractivity contribution in [1.29, 1.82) is 0 Å². The smallest absolute Gasteiger partial charge is 0.345 e. The number of rotatable bonds is 5. The van der Waals surface area contributed by atoms with Crippen LogP contribution in [-0.2, 0) is 5.41 Å². The first-order chi connectivity index (χ1) is 10.9. The summed E-state index contributed by atoms with van der Waals surface area (Å²) in [6, 6.07) is 11.3. The second-order valence-electron chi connectivity index (χ2n) is 5.92. The first kappa shape index (κ1) is 16.2. The Morgan fingerprint density at radius 2 is 1.78 bits per heavy atom. The molecular formula is C17H16BrNO3S. The van der Waals surface area contributed by atoms with E-state index in [2.05, 4.69) is 28.1 Å². The summed E-state index contributed by atoms with van der Waals surface area (Å²) in [6.45, 7) is 0.647. The van der Waals surface area contributed by atoms with Gasteiger partial charge >= 0.3 is 5.97 Å². The summed E-state index contributed by atoms with van der Waals surface area (Å²) in [7, 11) is 1.78. The van der Waals surface area contributed by atoms with E-state index in [-0.39, 0.29) is 16.2 Å². The molecule has 2 aromatic rings. The van der Waals surface area contributed by atoms with Crippen LogP contribution in [0.1, 0.15) is 37.7 Å². The van der Waals surface area contributed by atoms with Crippen molar-refractivity contribution in [1.82, 2.24) is 4.90 Å². The predicted octanol–water partition coefficient (Wildman–Crippen LogP) is 4.01. The molecule has 1 aliphatic carbocycles. The van der Waals surface area contributed by atoms with E-state index in [9.17, 15) is 9.59 Å². The summed E-state index contributed by atoms with van der Waals surface area (Å²) < 4.78 is 1.04. The molecule has 1 aliphatic rings. The highest BCUT2D eigenvalue weighted by atomic mass is 79.9. The molecule has 1 N–H and O–H groups in total. The Balaban J connectivity index is 1.73. The molecular weight excluding hydrogens is 378 g/mol. The van der Waals surface area contributed by atoms with Gasteiger partial charge in [-0.15, -0.1) is 11.3 Å².